The third kappa shape index (κ3) is 3.60. The first-order valence-electron chi connectivity index (χ1n) is 8.92. The molecular formula is C21H25N3O4. The maximum Gasteiger partial charge on any atom is 0.336 e. The van der Waals surface area contributed by atoms with Crippen LogP contribution in [0.1, 0.15) is 39.5 Å². The van der Waals surface area contributed by atoms with Crippen LogP contribution in [-0.4, -0.2) is 19.5 Å². The van der Waals surface area contributed by atoms with Crippen LogP contribution in [0.15, 0.2) is 45.8 Å². The van der Waals surface area contributed by atoms with Crippen LogP contribution in [0.25, 0.3) is 0 Å². The van der Waals surface area contributed by atoms with Crippen LogP contribution in [0, 0.1) is 20.8 Å². The fourth-order valence-corrected chi connectivity index (χ4v) is 3.56. The van der Waals surface area contributed by atoms with E-state index in [4.69, 9.17) is 0 Å². The molecule has 1 heterocycles. The molecule has 0 saturated carbocycles. The van der Waals surface area contributed by atoms with E-state index >= 15 is 0 Å². The van der Waals surface area contributed by atoms with Gasteiger partial charge in [0.1, 0.15) is 0 Å². The molecule has 0 atom stereocenters. The van der Waals surface area contributed by atoms with Gasteiger partial charge in [-0.3, -0.25) is 4.79 Å². The Hall–Kier alpha value is -3.22. The number of carbonyl (C=O) groups excluding carboxylic acids is 1. The Morgan fingerprint density at radius 3 is 1.79 bits per heavy atom. The predicted molar refractivity (Wildman–Crippen MR) is 109 cm³/mol. The van der Waals surface area contributed by atoms with E-state index in [9.17, 15) is 19.2 Å². The molecule has 0 aliphatic carbocycles. The van der Waals surface area contributed by atoms with Gasteiger partial charge >= 0.3 is 17.1 Å². The van der Waals surface area contributed by atoms with Gasteiger partial charge in [-0.1, -0.05) is 18.2 Å². The van der Waals surface area contributed by atoms with Crippen molar-refractivity contribution in [3.05, 3.63) is 90.6 Å². The van der Waals surface area contributed by atoms with Crippen molar-refractivity contribution in [2.45, 2.75) is 47.3 Å². The van der Waals surface area contributed by atoms with Crippen molar-refractivity contribution >= 4 is 5.78 Å². The lowest BCUT2D eigenvalue weighted by Gasteiger charge is -2.18. The SMILES string of the molecule is C=CCn1c(=O)n(CC=C)c(=O)n(Cc2c(C)cc(C)c(C(C)=O)c2C)c1=O. The molecule has 1 aromatic carbocycles. The van der Waals surface area contributed by atoms with Crippen LogP contribution < -0.4 is 17.1 Å². The molecule has 0 amide bonds. The summed E-state index contributed by atoms with van der Waals surface area (Å²) in [6.07, 6.45) is 2.85. The zero-order valence-corrected chi connectivity index (χ0v) is 16.7. The van der Waals surface area contributed by atoms with E-state index in [0.717, 1.165) is 30.4 Å². The lowest BCUT2D eigenvalue weighted by Crippen LogP contribution is -2.54. The molecule has 0 radical (unpaired) electrons. The van der Waals surface area contributed by atoms with Gasteiger partial charge in [0.15, 0.2) is 5.78 Å². The number of aryl methyl sites for hydroxylation is 2. The number of allylic oxidation sites excluding steroid dienone is 2. The highest BCUT2D eigenvalue weighted by molar-refractivity contribution is 5.97. The third-order valence-electron chi connectivity index (χ3n) is 4.81. The van der Waals surface area contributed by atoms with Crippen molar-refractivity contribution in [2.75, 3.05) is 0 Å². The molecular weight excluding hydrogens is 358 g/mol. The van der Waals surface area contributed by atoms with Crippen molar-refractivity contribution in [1.29, 1.82) is 0 Å². The van der Waals surface area contributed by atoms with Gasteiger partial charge in [-0.05, 0) is 49.9 Å². The Labute approximate surface area is 162 Å². The molecule has 7 heteroatoms. The van der Waals surface area contributed by atoms with Crippen molar-refractivity contribution in [3.63, 3.8) is 0 Å². The summed E-state index contributed by atoms with van der Waals surface area (Å²) in [5, 5.41) is 0. The lowest BCUT2D eigenvalue weighted by atomic mass is 9.91. The Balaban J connectivity index is 2.83. The van der Waals surface area contributed by atoms with Gasteiger partial charge in [0.2, 0.25) is 0 Å². The summed E-state index contributed by atoms with van der Waals surface area (Å²) >= 11 is 0. The van der Waals surface area contributed by atoms with Crippen molar-refractivity contribution in [3.8, 4) is 0 Å². The first kappa shape index (κ1) is 21.1. The first-order chi connectivity index (χ1) is 13.1. The van der Waals surface area contributed by atoms with Gasteiger partial charge in [0.05, 0.1) is 19.6 Å². The fourth-order valence-electron chi connectivity index (χ4n) is 3.56. The molecule has 0 fully saturated rings. The van der Waals surface area contributed by atoms with Crippen LogP contribution in [0.5, 0.6) is 0 Å². The zero-order valence-electron chi connectivity index (χ0n) is 16.7. The molecule has 2 aromatic rings. The molecule has 148 valence electrons. The molecule has 1 aromatic heterocycles. The molecule has 7 nitrogen and oxygen atoms in total. The first-order valence-corrected chi connectivity index (χ1v) is 8.92. The van der Waals surface area contributed by atoms with E-state index in [2.05, 4.69) is 13.2 Å². The number of hydrogen-bond donors (Lipinski definition) is 0. The Morgan fingerprint density at radius 1 is 0.893 bits per heavy atom. The lowest BCUT2D eigenvalue weighted by molar-refractivity contribution is 0.101. The molecule has 0 saturated heterocycles. The Bertz CT molecular complexity index is 1100. The molecule has 0 unspecified atom stereocenters. The molecule has 0 aliphatic rings. The van der Waals surface area contributed by atoms with E-state index in [1.54, 1.807) is 6.92 Å². The highest BCUT2D eigenvalue weighted by Crippen LogP contribution is 2.23. The Morgan fingerprint density at radius 2 is 1.36 bits per heavy atom. The van der Waals surface area contributed by atoms with Crippen molar-refractivity contribution in [1.82, 2.24) is 13.7 Å². The van der Waals surface area contributed by atoms with E-state index in [1.807, 2.05) is 19.9 Å². The van der Waals surface area contributed by atoms with Crippen LogP contribution in [0.3, 0.4) is 0 Å². The monoisotopic (exact) mass is 383 g/mol. The number of nitrogens with zero attached hydrogens (tertiary/aromatic N) is 3. The summed E-state index contributed by atoms with van der Waals surface area (Å²) in [6, 6.07) is 1.87. The van der Waals surface area contributed by atoms with Crippen molar-refractivity contribution in [2.24, 2.45) is 0 Å². The maximum absolute atomic E-state index is 12.8. The van der Waals surface area contributed by atoms with Crippen LogP contribution >= 0.6 is 0 Å². The van der Waals surface area contributed by atoms with Crippen molar-refractivity contribution < 1.29 is 4.79 Å². The minimum Gasteiger partial charge on any atom is -0.294 e. The number of carbonyl (C=O) groups is 1. The largest absolute Gasteiger partial charge is 0.336 e. The summed E-state index contributed by atoms with van der Waals surface area (Å²) < 4.78 is 2.94. The topological polar surface area (TPSA) is 83.1 Å². The molecule has 0 bridgehead atoms. The van der Waals surface area contributed by atoms with Gasteiger partial charge in [0, 0.05) is 5.56 Å². The van der Waals surface area contributed by atoms with E-state index in [0.29, 0.717) is 11.1 Å². The Kier molecular flexibility index (Phi) is 6.18. The average Bonchev–Trinajstić information content (AvgIpc) is 2.61. The standard InChI is InChI=1S/C21H25N3O4/c1-7-9-22-19(26)23(10-8-2)21(28)24(20(22)27)12-17-13(3)11-14(4)18(15(17)5)16(6)25/h7-8,11H,1-2,9-10,12H2,3-6H3. The normalized spacial score (nSPS) is 10.7. The molecule has 0 N–H and O–H groups in total. The minimum atomic E-state index is -0.709. The van der Waals surface area contributed by atoms with Gasteiger partial charge in [0.25, 0.3) is 0 Å². The number of aromatic nitrogens is 3. The number of Topliss-reactive ketones (excluding diaryl/α,β-unsaturated/α-hetero) is 1. The number of hydrogen-bond acceptors (Lipinski definition) is 4. The smallest absolute Gasteiger partial charge is 0.294 e. The summed E-state index contributed by atoms with van der Waals surface area (Å²) in [7, 11) is 0. The van der Waals surface area contributed by atoms with Crippen LogP contribution in [0.2, 0.25) is 0 Å². The summed E-state index contributed by atoms with van der Waals surface area (Å²) in [5.41, 5.74) is 1.62. The maximum atomic E-state index is 12.8. The highest BCUT2D eigenvalue weighted by Gasteiger charge is 2.19. The molecule has 28 heavy (non-hydrogen) atoms. The third-order valence-corrected chi connectivity index (χ3v) is 4.81. The second-order valence-electron chi connectivity index (χ2n) is 6.78. The molecule has 2 rings (SSSR count). The summed E-state index contributed by atoms with van der Waals surface area (Å²) in [5.74, 6) is -0.0794. The summed E-state index contributed by atoms with van der Waals surface area (Å²) in [6.45, 7) is 14.1. The predicted octanol–water partition coefficient (Wildman–Crippen LogP) is 1.72. The number of rotatable bonds is 7. The second-order valence-corrected chi connectivity index (χ2v) is 6.78. The minimum absolute atomic E-state index is 0.0142. The second kappa shape index (κ2) is 8.21. The fraction of sp³-hybridized carbons (Fsp3) is 0.333. The zero-order chi connectivity index (χ0) is 21.2. The van der Waals surface area contributed by atoms with Gasteiger partial charge in [-0.2, -0.15) is 0 Å². The van der Waals surface area contributed by atoms with Gasteiger partial charge in [-0.15, -0.1) is 13.2 Å². The van der Waals surface area contributed by atoms with Crippen LogP contribution in [0.4, 0.5) is 0 Å². The highest BCUT2D eigenvalue weighted by atomic mass is 16.2. The van der Waals surface area contributed by atoms with Crippen LogP contribution in [-0.2, 0) is 19.6 Å². The molecule has 0 spiro atoms. The average molecular weight is 383 g/mol. The number of ketones is 1. The van der Waals surface area contributed by atoms with Gasteiger partial charge in [-0.25, -0.2) is 28.1 Å². The van der Waals surface area contributed by atoms with Gasteiger partial charge < -0.3 is 0 Å². The quantitative estimate of drug-likeness (QED) is 0.538. The molecule has 0 aliphatic heterocycles. The van der Waals surface area contributed by atoms with E-state index < -0.39 is 17.1 Å². The van der Waals surface area contributed by atoms with E-state index in [1.165, 1.54) is 19.1 Å². The number of benzene rings is 1. The summed E-state index contributed by atoms with van der Waals surface area (Å²) in [4.78, 5) is 50.2. The van der Waals surface area contributed by atoms with E-state index in [-0.39, 0.29) is 25.4 Å².